The Bertz CT molecular complexity index is 656. The van der Waals surface area contributed by atoms with Crippen molar-refractivity contribution in [2.75, 3.05) is 17.7 Å². The predicted molar refractivity (Wildman–Crippen MR) is 82.7 cm³/mol. The van der Waals surface area contributed by atoms with E-state index in [0.717, 1.165) is 11.3 Å². The maximum atomic E-state index is 12.2. The van der Waals surface area contributed by atoms with Crippen molar-refractivity contribution in [3.63, 3.8) is 0 Å². The minimum absolute atomic E-state index is 0.210. The standard InChI is InChI=1S/C15H16ClN3O/c1-9-4-5-13(12(16)6-9)19-15(20)11-7-10(2)18-14(8-11)17-3/h4-8H,1-3H3,(H,17,18)(H,19,20). The predicted octanol–water partition coefficient (Wildman–Crippen LogP) is 3.65. The van der Waals surface area contributed by atoms with E-state index in [4.69, 9.17) is 11.6 Å². The molecular formula is C15H16ClN3O. The summed E-state index contributed by atoms with van der Waals surface area (Å²) in [5.41, 5.74) is 2.96. The van der Waals surface area contributed by atoms with Crippen LogP contribution in [0.1, 0.15) is 21.6 Å². The number of nitrogens with zero attached hydrogens (tertiary/aromatic N) is 1. The second-order valence-corrected chi connectivity index (χ2v) is 4.98. The average Bonchev–Trinajstić information content (AvgIpc) is 2.41. The highest BCUT2D eigenvalue weighted by Crippen LogP contribution is 2.23. The number of hydrogen-bond acceptors (Lipinski definition) is 3. The number of hydrogen-bond donors (Lipinski definition) is 2. The topological polar surface area (TPSA) is 54.0 Å². The maximum absolute atomic E-state index is 12.2. The molecule has 20 heavy (non-hydrogen) atoms. The van der Waals surface area contributed by atoms with E-state index < -0.39 is 0 Å². The number of benzene rings is 1. The fourth-order valence-electron chi connectivity index (χ4n) is 1.84. The molecule has 0 atom stereocenters. The number of aryl methyl sites for hydroxylation is 2. The summed E-state index contributed by atoms with van der Waals surface area (Å²) >= 11 is 6.11. The van der Waals surface area contributed by atoms with Crippen LogP contribution in [-0.4, -0.2) is 17.9 Å². The molecule has 0 aliphatic carbocycles. The van der Waals surface area contributed by atoms with Gasteiger partial charge in [0, 0.05) is 18.3 Å². The van der Waals surface area contributed by atoms with Crippen LogP contribution in [0, 0.1) is 13.8 Å². The van der Waals surface area contributed by atoms with Crippen LogP contribution in [-0.2, 0) is 0 Å². The van der Waals surface area contributed by atoms with E-state index in [2.05, 4.69) is 15.6 Å². The Balaban J connectivity index is 2.26. The van der Waals surface area contributed by atoms with Gasteiger partial charge in [0.05, 0.1) is 10.7 Å². The summed E-state index contributed by atoms with van der Waals surface area (Å²) in [6, 6.07) is 8.94. The van der Waals surface area contributed by atoms with Crippen LogP contribution in [0.3, 0.4) is 0 Å². The van der Waals surface area contributed by atoms with Gasteiger partial charge in [0.1, 0.15) is 5.82 Å². The number of anilines is 2. The van der Waals surface area contributed by atoms with Crippen molar-refractivity contribution in [3.05, 3.63) is 52.2 Å². The van der Waals surface area contributed by atoms with Crippen LogP contribution in [0.15, 0.2) is 30.3 Å². The van der Waals surface area contributed by atoms with Gasteiger partial charge in [-0.15, -0.1) is 0 Å². The fourth-order valence-corrected chi connectivity index (χ4v) is 2.13. The molecule has 0 aliphatic rings. The van der Waals surface area contributed by atoms with Gasteiger partial charge in [-0.2, -0.15) is 0 Å². The summed E-state index contributed by atoms with van der Waals surface area (Å²) < 4.78 is 0. The summed E-state index contributed by atoms with van der Waals surface area (Å²) in [5, 5.41) is 6.26. The van der Waals surface area contributed by atoms with Crippen LogP contribution in [0.5, 0.6) is 0 Å². The number of amides is 1. The summed E-state index contributed by atoms with van der Waals surface area (Å²) in [5.74, 6) is 0.447. The summed E-state index contributed by atoms with van der Waals surface area (Å²) in [6.07, 6.45) is 0. The van der Waals surface area contributed by atoms with E-state index in [1.54, 1.807) is 25.2 Å². The maximum Gasteiger partial charge on any atom is 0.255 e. The Morgan fingerprint density at radius 2 is 1.95 bits per heavy atom. The SMILES string of the molecule is CNc1cc(C(=O)Nc2ccc(C)cc2Cl)cc(C)n1. The molecule has 1 aromatic heterocycles. The lowest BCUT2D eigenvalue weighted by Crippen LogP contribution is -2.13. The molecule has 2 rings (SSSR count). The van der Waals surface area contributed by atoms with Crippen LogP contribution in [0.25, 0.3) is 0 Å². The quantitative estimate of drug-likeness (QED) is 0.907. The van der Waals surface area contributed by atoms with Crippen molar-refractivity contribution < 1.29 is 4.79 Å². The first-order chi connectivity index (χ1) is 9.49. The van der Waals surface area contributed by atoms with Gasteiger partial charge in [-0.3, -0.25) is 4.79 Å². The number of pyridine rings is 1. The van der Waals surface area contributed by atoms with Gasteiger partial charge in [-0.1, -0.05) is 17.7 Å². The molecule has 1 heterocycles. The lowest BCUT2D eigenvalue weighted by molar-refractivity contribution is 0.102. The molecule has 4 nitrogen and oxygen atoms in total. The van der Waals surface area contributed by atoms with Crippen molar-refractivity contribution in [3.8, 4) is 0 Å². The Kier molecular flexibility index (Phi) is 4.25. The van der Waals surface area contributed by atoms with E-state index in [1.807, 2.05) is 26.0 Å². The van der Waals surface area contributed by atoms with Gasteiger partial charge in [-0.25, -0.2) is 4.98 Å². The number of rotatable bonds is 3. The molecule has 1 aromatic carbocycles. The number of nitrogens with one attached hydrogen (secondary N) is 2. The van der Waals surface area contributed by atoms with E-state index in [-0.39, 0.29) is 5.91 Å². The zero-order valence-corrected chi connectivity index (χ0v) is 12.4. The first-order valence-corrected chi connectivity index (χ1v) is 6.61. The van der Waals surface area contributed by atoms with E-state index >= 15 is 0 Å². The smallest absolute Gasteiger partial charge is 0.255 e. The third-order valence-electron chi connectivity index (χ3n) is 2.84. The molecular weight excluding hydrogens is 274 g/mol. The highest BCUT2D eigenvalue weighted by Gasteiger charge is 2.10. The lowest BCUT2D eigenvalue weighted by atomic mass is 10.2. The zero-order valence-electron chi connectivity index (χ0n) is 11.6. The summed E-state index contributed by atoms with van der Waals surface area (Å²) in [7, 11) is 1.76. The molecule has 104 valence electrons. The lowest BCUT2D eigenvalue weighted by Gasteiger charge is -2.09. The Morgan fingerprint density at radius 3 is 2.60 bits per heavy atom. The van der Waals surface area contributed by atoms with E-state index in [9.17, 15) is 4.79 Å². The van der Waals surface area contributed by atoms with Gasteiger partial charge in [-0.05, 0) is 43.7 Å². The molecule has 1 amide bonds. The molecule has 0 fully saturated rings. The molecule has 0 saturated carbocycles. The second-order valence-electron chi connectivity index (χ2n) is 4.57. The number of halogens is 1. The number of carbonyl (C=O) groups excluding carboxylic acids is 1. The van der Waals surface area contributed by atoms with Crippen molar-refractivity contribution in [1.82, 2.24) is 4.98 Å². The molecule has 2 aromatic rings. The molecule has 0 aliphatic heterocycles. The Labute approximate surface area is 123 Å². The first kappa shape index (κ1) is 14.3. The monoisotopic (exact) mass is 289 g/mol. The fraction of sp³-hybridized carbons (Fsp3) is 0.200. The normalized spacial score (nSPS) is 10.2. The van der Waals surface area contributed by atoms with Gasteiger partial charge in [0.15, 0.2) is 0 Å². The minimum atomic E-state index is -0.210. The van der Waals surface area contributed by atoms with E-state index in [1.165, 1.54) is 0 Å². The third kappa shape index (κ3) is 3.27. The summed E-state index contributed by atoms with van der Waals surface area (Å²) in [4.78, 5) is 16.5. The van der Waals surface area contributed by atoms with Crippen LogP contribution >= 0.6 is 11.6 Å². The van der Waals surface area contributed by atoms with Crippen molar-refractivity contribution in [1.29, 1.82) is 0 Å². The molecule has 0 unspecified atom stereocenters. The highest BCUT2D eigenvalue weighted by atomic mass is 35.5. The number of carbonyl (C=O) groups is 1. The number of aromatic nitrogens is 1. The van der Waals surface area contributed by atoms with Gasteiger partial charge in [0.25, 0.3) is 5.91 Å². The van der Waals surface area contributed by atoms with Crippen molar-refractivity contribution in [2.45, 2.75) is 13.8 Å². The van der Waals surface area contributed by atoms with Crippen LogP contribution in [0.4, 0.5) is 11.5 Å². The van der Waals surface area contributed by atoms with Crippen molar-refractivity contribution >= 4 is 29.0 Å². The minimum Gasteiger partial charge on any atom is -0.373 e. The first-order valence-electron chi connectivity index (χ1n) is 6.23. The summed E-state index contributed by atoms with van der Waals surface area (Å²) in [6.45, 7) is 3.79. The molecule has 0 saturated heterocycles. The van der Waals surface area contributed by atoms with Gasteiger partial charge in [0.2, 0.25) is 0 Å². The molecule has 0 bridgehead atoms. The van der Waals surface area contributed by atoms with Gasteiger partial charge < -0.3 is 10.6 Å². The Hall–Kier alpha value is -2.07. The van der Waals surface area contributed by atoms with Crippen molar-refractivity contribution in [2.24, 2.45) is 0 Å². The highest BCUT2D eigenvalue weighted by molar-refractivity contribution is 6.34. The second kappa shape index (κ2) is 5.92. The van der Waals surface area contributed by atoms with Crippen LogP contribution in [0.2, 0.25) is 5.02 Å². The average molecular weight is 290 g/mol. The Morgan fingerprint density at radius 1 is 1.20 bits per heavy atom. The largest absolute Gasteiger partial charge is 0.373 e. The third-order valence-corrected chi connectivity index (χ3v) is 3.16. The van der Waals surface area contributed by atoms with Gasteiger partial charge >= 0.3 is 0 Å². The zero-order chi connectivity index (χ0) is 14.7. The molecule has 0 spiro atoms. The van der Waals surface area contributed by atoms with E-state index in [0.29, 0.717) is 22.1 Å². The molecule has 2 N–H and O–H groups in total. The molecule has 5 heteroatoms. The van der Waals surface area contributed by atoms with Crippen LogP contribution < -0.4 is 10.6 Å². The molecule has 0 radical (unpaired) electrons.